The van der Waals surface area contributed by atoms with Crippen LogP contribution in [0.1, 0.15) is 35.8 Å². The zero-order chi connectivity index (χ0) is 25.4. The number of tetrazole rings is 1. The van der Waals surface area contributed by atoms with Gasteiger partial charge >= 0.3 is 0 Å². The van der Waals surface area contributed by atoms with Gasteiger partial charge in [-0.05, 0) is 78.0 Å². The Morgan fingerprint density at radius 1 is 1.11 bits per heavy atom. The molecule has 2 saturated heterocycles. The van der Waals surface area contributed by atoms with E-state index in [4.69, 9.17) is 4.74 Å². The summed E-state index contributed by atoms with van der Waals surface area (Å²) in [5.74, 6) is 0.398. The van der Waals surface area contributed by atoms with Crippen LogP contribution >= 0.6 is 0 Å². The number of hydrogen-bond acceptors (Lipinski definition) is 7. The van der Waals surface area contributed by atoms with E-state index in [0.717, 1.165) is 54.7 Å². The minimum Gasteiger partial charge on any atom is -0.376 e. The number of benzene rings is 2. The molecule has 0 spiro atoms. The quantitative estimate of drug-likeness (QED) is 0.432. The second-order valence-electron chi connectivity index (χ2n) is 9.90. The summed E-state index contributed by atoms with van der Waals surface area (Å²) in [6, 6.07) is 14.2. The first-order valence-corrected chi connectivity index (χ1v) is 12.8. The first-order valence-electron chi connectivity index (χ1n) is 12.8. The van der Waals surface area contributed by atoms with Gasteiger partial charge < -0.3 is 14.6 Å². The Bertz CT molecular complexity index is 1440. The molecule has 192 valence electrons. The van der Waals surface area contributed by atoms with Crippen LogP contribution in [0.4, 0.5) is 10.1 Å². The molecule has 2 aromatic carbocycles. The van der Waals surface area contributed by atoms with Crippen molar-refractivity contribution in [1.29, 1.82) is 0 Å². The van der Waals surface area contributed by atoms with Crippen molar-refractivity contribution >= 4 is 16.6 Å². The molecular weight excluding hydrogens is 473 g/mol. The Morgan fingerprint density at radius 3 is 2.68 bits per heavy atom. The molecule has 0 aliphatic carbocycles. The van der Waals surface area contributed by atoms with E-state index >= 15 is 0 Å². The van der Waals surface area contributed by atoms with Crippen molar-refractivity contribution in [2.75, 3.05) is 37.7 Å². The van der Waals surface area contributed by atoms with E-state index in [-0.39, 0.29) is 17.5 Å². The summed E-state index contributed by atoms with van der Waals surface area (Å²) < 4.78 is 21.1. The van der Waals surface area contributed by atoms with E-state index < -0.39 is 6.04 Å². The summed E-state index contributed by atoms with van der Waals surface area (Å²) in [6.45, 7) is 6.21. The fourth-order valence-corrected chi connectivity index (χ4v) is 5.45. The van der Waals surface area contributed by atoms with Crippen LogP contribution < -0.4 is 10.5 Å². The number of aromatic amines is 1. The van der Waals surface area contributed by atoms with Crippen molar-refractivity contribution in [3.63, 3.8) is 0 Å². The average Bonchev–Trinajstić information content (AvgIpc) is 3.59. The van der Waals surface area contributed by atoms with Crippen molar-refractivity contribution < 1.29 is 9.13 Å². The minimum atomic E-state index is -0.416. The molecule has 0 amide bonds. The van der Waals surface area contributed by atoms with Gasteiger partial charge in [-0.3, -0.25) is 9.69 Å². The third kappa shape index (κ3) is 4.86. The van der Waals surface area contributed by atoms with Crippen LogP contribution in [0, 0.1) is 12.7 Å². The monoisotopic (exact) mass is 503 g/mol. The summed E-state index contributed by atoms with van der Waals surface area (Å²) in [4.78, 5) is 21.0. The van der Waals surface area contributed by atoms with Crippen LogP contribution in [0.3, 0.4) is 0 Å². The number of rotatable bonds is 6. The van der Waals surface area contributed by atoms with Gasteiger partial charge in [0, 0.05) is 49.6 Å². The van der Waals surface area contributed by atoms with Crippen LogP contribution in [0.5, 0.6) is 0 Å². The number of hydrogen-bond donors (Lipinski definition) is 1. The first-order chi connectivity index (χ1) is 18.0. The highest BCUT2D eigenvalue weighted by atomic mass is 19.1. The van der Waals surface area contributed by atoms with E-state index in [1.54, 1.807) is 16.8 Å². The van der Waals surface area contributed by atoms with Crippen molar-refractivity contribution in [1.82, 2.24) is 30.1 Å². The van der Waals surface area contributed by atoms with Gasteiger partial charge in [0.25, 0.3) is 5.56 Å². The van der Waals surface area contributed by atoms with E-state index in [1.165, 1.54) is 12.1 Å². The molecular formula is C27H30FN7O2. The summed E-state index contributed by atoms with van der Waals surface area (Å²) in [5.41, 5.74) is 3.39. The molecule has 0 radical (unpaired) electrons. The molecule has 0 saturated carbocycles. The van der Waals surface area contributed by atoms with Gasteiger partial charge in [0.2, 0.25) is 0 Å². The zero-order valence-corrected chi connectivity index (χ0v) is 20.8. The second kappa shape index (κ2) is 10.0. The van der Waals surface area contributed by atoms with Crippen molar-refractivity contribution in [3.05, 3.63) is 81.7 Å². The standard InChI is InChI=1S/C27H30FN7O2/c1-18-4-9-24-19(15-18)16-23(27(36)29-24)25(26-30-31-32-35(26)17-22-3-2-14-37-22)34-12-10-33(11-13-34)21-7-5-20(28)6-8-21/h4-9,15-16,22,25H,2-3,10-14,17H2,1H3,(H,29,36)/t22-,25+/m1/s1. The molecule has 2 aliphatic heterocycles. The number of H-pyrrole nitrogens is 1. The summed E-state index contributed by atoms with van der Waals surface area (Å²) in [7, 11) is 0. The van der Waals surface area contributed by atoms with Gasteiger partial charge in [-0.25, -0.2) is 9.07 Å². The molecule has 0 bridgehead atoms. The molecule has 4 heterocycles. The highest BCUT2D eigenvalue weighted by molar-refractivity contribution is 5.79. The predicted octanol–water partition coefficient (Wildman–Crippen LogP) is 3.05. The highest BCUT2D eigenvalue weighted by Crippen LogP contribution is 2.29. The Labute approximate surface area is 213 Å². The number of piperazine rings is 1. The average molecular weight is 504 g/mol. The molecule has 10 heteroatoms. The van der Waals surface area contributed by atoms with Crippen LogP contribution in [-0.4, -0.2) is 69.0 Å². The fraction of sp³-hybridized carbons (Fsp3) is 0.407. The lowest BCUT2D eigenvalue weighted by atomic mass is 10.0. The van der Waals surface area contributed by atoms with Crippen LogP contribution in [0.15, 0.2) is 53.3 Å². The summed E-state index contributed by atoms with van der Waals surface area (Å²) in [6.07, 6.45) is 2.06. The van der Waals surface area contributed by atoms with Crippen molar-refractivity contribution in [3.8, 4) is 0 Å². The number of halogens is 1. The van der Waals surface area contributed by atoms with Gasteiger partial charge in [0.05, 0.1) is 12.6 Å². The second-order valence-corrected chi connectivity index (χ2v) is 9.90. The van der Waals surface area contributed by atoms with Crippen molar-refractivity contribution in [2.24, 2.45) is 0 Å². The fourth-order valence-electron chi connectivity index (χ4n) is 5.45. The molecule has 6 rings (SSSR count). The Hall–Kier alpha value is -3.63. The Kier molecular flexibility index (Phi) is 6.43. The minimum absolute atomic E-state index is 0.0655. The molecule has 4 aromatic rings. The number of aryl methyl sites for hydroxylation is 1. The number of anilines is 1. The normalized spacial score (nSPS) is 19.5. The van der Waals surface area contributed by atoms with E-state index in [9.17, 15) is 9.18 Å². The molecule has 9 nitrogen and oxygen atoms in total. The number of fused-ring (bicyclic) bond motifs is 1. The molecule has 1 N–H and O–H groups in total. The largest absolute Gasteiger partial charge is 0.376 e. The van der Waals surface area contributed by atoms with Gasteiger partial charge in [0.15, 0.2) is 5.82 Å². The van der Waals surface area contributed by atoms with E-state index in [1.807, 2.05) is 25.1 Å². The summed E-state index contributed by atoms with van der Waals surface area (Å²) in [5, 5.41) is 13.7. The van der Waals surface area contributed by atoms with Crippen molar-refractivity contribution in [2.45, 2.75) is 38.5 Å². The Morgan fingerprint density at radius 2 is 1.92 bits per heavy atom. The maximum atomic E-state index is 13.4. The van der Waals surface area contributed by atoms with Gasteiger partial charge in [-0.1, -0.05) is 11.6 Å². The Balaban J connectivity index is 1.36. The number of ether oxygens (including phenoxy) is 1. The lowest BCUT2D eigenvalue weighted by molar-refractivity contribution is 0.0906. The SMILES string of the molecule is Cc1ccc2[nH]c(=O)c([C@@H](c3nnnn3C[C@H]3CCCO3)N3CCN(c4ccc(F)cc4)CC3)cc2c1. The van der Waals surface area contributed by atoms with Gasteiger partial charge in [0.1, 0.15) is 11.9 Å². The number of aromatic nitrogens is 5. The van der Waals surface area contributed by atoms with Gasteiger partial charge in [-0.15, -0.1) is 5.10 Å². The van der Waals surface area contributed by atoms with E-state index in [2.05, 4.69) is 36.4 Å². The molecule has 2 atom stereocenters. The smallest absolute Gasteiger partial charge is 0.253 e. The zero-order valence-electron chi connectivity index (χ0n) is 20.8. The van der Waals surface area contributed by atoms with Crippen LogP contribution in [0.25, 0.3) is 10.9 Å². The highest BCUT2D eigenvalue weighted by Gasteiger charge is 2.33. The molecule has 0 unspecified atom stereocenters. The third-order valence-electron chi connectivity index (χ3n) is 7.40. The molecule has 37 heavy (non-hydrogen) atoms. The van der Waals surface area contributed by atoms with Crippen LogP contribution in [-0.2, 0) is 11.3 Å². The molecule has 2 aromatic heterocycles. The number of pyridine rings is 1. The van der Waals surface area contributed by atoms with E-state index in [0.29, 0.717) is 31.0 Å². The lowest BCUT2D eigenvalue weighted by Gasteiger charge is -2.39. The third-order valence-corrected chi connectivity index (χ3v) is 7.40. The van der Waals surface area contributed by atoms with Gasteiger partial charge in [-0.2, -0.15) is 0 Å². The number of nitrogens with zero attached hydrogens (tertiary/aromatic N) is 6. The van der Waals surface area contributed by atoms with Crippen LogP contribution in [0.2, 0.25) is 0 Å². The first kappa shape index (κ1) is 23.7. The molecule has 2 fully saturated rings. The lowest BCUT2D eigenvalue weighted by Crippen LogP contribution is -2.49. The predicted molar refractivity (Wildman–Crippen MR) is 138 cm³/mol. The maximum absolute atomic E-state index is 13.4. The summed E-state index contributed by atoms with van der Waals surface area (Å²) >= 11 is 0. The maximum Gasteiger partial charge on any atom is 0.253 e. The molecule has 2 aliphatic rings. The topological polar surface area (TPSA) is 92.2 Å². The number of nitrogens with one attached hydrogen (secondary N) is 1.